The minimum Gasteiger partial charge on any atom is -0.497 e. The second-order valence-corrected chi connectivity index (χ2v) is 13.1. The lowest BCUT2D eigenvalue weighted by Crippen LogP contribution is -2.11. The van der Waals surface area contributed by atoms with E-state index in [1.54, 1.807) is 7.11 Å². The molecule has 0 unspecified atom stereocenters. The molecule has 1 saturated carbocycles. The van der Waals surface area contributed by atoms with Gasteiger partial charge in [0, 0.05) is 32.6 Å². The fourth-order valence-corrected chi connectivity index (χ4v) is 7.54. The van der Waals surface area contributed by atoms with Crippen molar-refractivity contribution in [2.24, 2.45) is 5.73 Å². The summed E-state index contributed by atoms with van der Waals surface area (Å²) in [5.74, 6) is 1.69. The van der Waals surface area contributed by atoms with Crippen molar-refractivity contribution in [1.82, 2.24) is 4.57 Å². The lowest BCUT2D eigenvalue weighted by molar-refractivity contribution is 0.100. The van der Waals surface area contributed by atoms with Gasteiger partial charge in [0.1, 0.15) is 18.1 Å². The quantitative estimate of drug-likeness (QED) is 0.180. The zero-order chi connectivity index (χ0) is 32.7. The molecule has 1 aromatic heterocycles. The molecule has 1 amide bonds. The topological polar surface area (TPSA) is 66.5 Å². The van der Waals surface area contributed by atoms with E-state index in [2.05, 4.69) is 54.5 Å². The van der Waals surface area contributed by atoms with Gasteiger partial charge in [-0.05, 0) is 102 Å². The number of fused-ring (bicyclic) bond motifs is 5. The highest BCUT2D eigenvalue weighted by Crippen LogP contribution is 2.48. The number of halogens is 1. The number of amides is 1. The van der Waals surface area contributed by atoms with Crippen molar-refractivity contribution in [2.45, 2.75) is 51.5 Å². The van der Waals surface area contributed by atoms with Crippen LogP contribution in [0.3, 0.4) is 0 Å². The molecule has 0 saturated heterocycles. The summed E-state index contributed by atoms with van der Waals surface area (Å²) in [6, 6.07) is 24.2. The summed E-state index contributed by atoms with van der Waals surface area (Å²) in [5, 5.41) is 1.91. The first-order valence-corrected chi connectivity index (χ1v) is 16.8. The van der Waals surface area contributed by atoms with E-state index in [0.717, 1.165) is 68.8 Å². The van der Waals surface area contributed by atoms with Crippen LogP contribution in [-0.4, -0.2) is 24.2 Å². The Kier molecular flexibility index (Phi) is 8.42. The molecular formula is C41H39ClN2O3. The Morgan fingerprint density at radius 3 is 2.51 bits per heavy atom. The van der Waals surface area contributed by atoms with Crippen LogP contribution in [0.25, 0.3) is 44.9 Å². The number of aromatic nitrogens is 1. The van der Waals surface area contributed by atoms with Gasteiger partial charge in [-0.2, -0.15) is 0 Å². The first-order chi connectivity index (χ1) is 22.8. The summed E-state index contributed by atoms with van der Waals surface area (Å²) in [4.78, 5) is 12.2. The van der Waals surface area contributed by atoms with Gasteiger partial charge in [0.05, 0.1) is 19.3 Å². The standard InChI is InChI=1S/C41H39ClN2O3/c1-25-10-18-35-39-38(28-7-5-4-6-8-28)34-19-13-29(41(43)45)23-37(34)44(39)21-22-47-40(35)32(25)17-9-26(2)36-24-31(46-3)16-20-33(36)27-11-14-30(42)15-12-27/h9-20,23-24,28H,2,4-8,21-22H2,1,3H3,(H2,43,45)/b17-9-. The minimum atomic E-state index is -0.412. The molecule has 2 N–H and O–H groups in total. The Hall–Kier alpha value is -4.74. The Balaban J connectivity index is 1.36. The third-order valence-corrected chi connectivity index (χ3v) is 10.1. The first kappa shape index (κ1) is 30.9. The van der Waals surface area contributed by atoms with Crippen LogP contribution in [-0.2, 0) is 6.54 Å². The summed E-state index contributed by atoms with van der Waals surface area (Å²) in [6.07, 6.45) is 10.3. The molecule has 0 bridgehead atoms. The molecule has 2 heterocycles. The number of carbonyl (C=O) groups is 1. The highest BCUT2D eigenvalue weighted by molar-refractivity contribution is 6.30. The number of nitrogens with two attached hydrogens (primary N) is 1. The van der Waals surface area contributed by atoms with E-state index < -0.39 is 5.91 Å². The molecule has 1 aliphatic heterocycles. The molecule has 0 spiro atoms. The van der Waals surface area contributed by atoms with Gasteiger partial charge in [-0.3, -0.25) is 4.79 Å². The summed E-state index contributed by atoms with van der Waals surface area (Å²) in [7, 11) is 1.68. The van der Waals surface area contributed by atoms with E-state index in [-0.39, 0.29) is 0 Å². The third kappa shape index (κ3) is 5.74. The molecule has 0 atom stereocenters. The predicted molar refractivity (Wildman–Crippen MR) is 193 cm³/mol. The highest BCUT2D eigenvalue weighted by atomic mass is 35.5. The molecular weight excluding hydrogens is 604 g/mol. The number of aryl methyl sites for hydroxylation is 1. The predicted octanol–water partition coefficient (Wildman–Crippen LogP) is 10.2. The van der Waals surface area contributed by atoms with Crippen LogP contribution in [0.2, 0.25) is 5.02 Å². The van der Waals surface area contributed by atoms with Crippen LogP contribution in [0.4, 0.5) is 0 Å². The van der Waals surface area contributed by atoms with Crippen LogP contribution in [0, 0.1) is 6.92 Å². The van der Waals surface area contributed by atoms with Crippen molar-refractivity contribution in [2.75, 3.05) is 13.7 Å². The maximum Gasteiger partial charge on any atom is 0.248 e. The molecule has 47 heavy (non-hydrogen) atoms. The van der Waals surface area contributed by atoms with Gasteiger partial charge in [-0.15, -0.1) is 0 Å². The molecule has 6 heteroatoms. The lowest BCUT2D eigenvalue weighted by Gasteiger charge is -2.24. The van der Waals surface area contributed by atoms with Crippen molar-refractivity contribution in [3.05, 3.63) is 118 Å². The molecule has 7 rings (SSSR count). The number of carbonyl (C=O) groups excluding carboxylic acids is 1. The van der Waals surface area contributed by atoms with E-state index in [1.165, 1.54) is 35.9 Å². The van der Waals surface area contributed by atoms with Crippen LogP contribution in [0.1, 0.15) is 70.6 Å². The number of ether oxygens (including phenoxy) is 2. The largest absolute Gasteiger partial charge is 0.497 e. The smallest absolute Gasteiger partial charge is 0.248 e. The monoisotopic (exact) mass is 642 g/mol. The number of methoxy groups -OCH3 is 1. The Morgan fingerprint density at radius 2 is 1.77 bits per heavy atom. The van der Waals surface area contributed by atoms with Crippen molar-refractivity contribution in [3.63, 3.8) is 0 Å². The number of benzene rings is 4. The molecule has 238 valence electrons. The Labute approximate surface area is 281 Å². The number of nitrogens with zero attached hydrogens (tertiary/aromatic N) is 1. The van der Waals surface area contributed by atoms with Crippen molar-refractivity contribution >= 4 is 40.1 Å². The first-order valence-electron chi connectivity index (χ1n) is 16.4. The Bertz CT molecular complexity index is 2050. The van der Waals surface area contributed by atoms with Crippen molar-refractivity contribution in [1.29, 1.82) is 0 Å². The molecule has 5 nitrogen and oxygen atoms in total. The maximum absolute atomic E-state index is 12.2. The van der Waals surface area contributed by atoms with Crippen molar-refractivity contribution in [3.8, 4) is 33.9 Å². The van der Waals surface area contributed by atoms with E-state index in [9.17, 15) is 4.79 Å². The van der Waals surface area contributed by atoms with Crippen LogP contribution < -0.4 is 15.2 Å². The van der Waals surface area contributed by atoms with Crippen LogP contribution in [0.5, 0.6) is 11.5 Å². The van der Waals surface area contributed by atoms with Crippen LogP contribution >= 0.6 is 11.6 Å². The molecule has 4 aromatic carbocycles. The second-order valence-electron chi connectivity index (χ2n) is 12.6. The maximum atomic E-state index is 12.2. The highest BCUT2D eigenvalue weighted by Gasteiger charge is 2.30. The fourth-order valence-electron chi connectivity index (χ4n) is 7.41. The minimum absolute atomic E-state index is 0.412. The molecule has 5 aromatic rings. The van der Waals surface area contributed by atoms with Gasteiger partial charge >= 0.3 is 0 Å². The summed E-state index contributed by atoms with van der Waals surface area (Å²) in [6.45, 7) is 7.80. The van der Waals surface area contributed by atoms with Crippen LogP contribution in [0.15, 0.2) is 85.5 Å². The molecule has 2 aliphatic rings. The average molecular weight is 643 g/mol. The average Bonchev–Trinajstić information content (AvgIpc) is 3.29. The van der Waals surface area contributed by atoms with Gasteiger partial charge in [0.25, 0.3) is 0 Å². The summed E-state index contributed by atoms with van der Waals surface area (Å²) < 4.78 is 14.6. The number of hydrogen-bond donors (Lipinski definition) is 1. The number of hydrogen-bond acceptors (Lipinski definition) is 3. The summed E-state index contributed by atoms with van der Waals surface area (Å²) in [5.41, 5.74) is 17.1. The molecule has 1 aliphatic carbocycles. The lowest BCUT2D eigenvalue weighted by atomic mass is 9.81. The number of allylic oxidation sites excluding steroid dienone is 2. The third-order valence-electron chi connectivity index (χ3n) is 9.81. The molecule has 0 radical (unpaired) electrons. The number of primary amides is 1. The van der Waals surface area contributed by atoms with Gasteiger partial charge < -0.3 is 19.8 Å². The van der Waals surface area contributed by atoms with Crippen molar-refractivity contribution < 1.29 is 14.3 Å². The summed E-state index contributed by atoms with van der Waals surface area (Å²) >= 11 is 6.20. The fraction of sp³-hybridized carbons (Fsp3) is 0.244. The van der Waals surface area contributed by atoms with E-state index in [4.69, 9.17) is 26.8 Å². The molecule has 1 fully saturated rings. The van der Waals surface area contributed by atoms with Gasteiger partial charge in [0.2, 0.25) is 5.91 Å². The van der Waals surface area contributed by atoms with Gasteiger partial charge in [0.15, 0.2) is 0 Å². The number of rotatable bonds is 7. The Morgan fingerprint density at radius 1 is 1.00 bits per heavy atom. The van der Waals surface area contributed by atoms with E-state index in [0.29, 0.717) is 29.7 Å². The van der Waals surface area contributed by atoms with E-state index in [1.807, 2.05) is 48.5 Å². The zero-order valence-electron chi connectivity index (χ0n) is 26.9. The van der Waals surface area contributed by atoms with Gasteiger partial charge in [-0.1, -0.05) is 79.9 Å². The zero-order valence-corrected chi connectivity index (χ0v) is 27.7. The normalized spacial score (nSPS) is 14.8. The van der Waals surface area contributed by atoms with E-state index >= 15 is 0 Å². The second kappa shape index (κ2) is 12.8. The SMILES string of the molecule is C=C(/C=C\c1c(C)ccc2c1OCCn1c-2c(C2CCCCC2)c2ccc(C(N)=O)cc21)c1cc(OC)ccc1-c1ccc(Cl)cc1. The van der Waals surface area contributed by atoms with Gasteiger partial charge in [-0.25, -0.2) is 0 Å².